The molecule has 0 radical (unpaired) electrons. The Morgan fingerprint density at radius 1 is 0.763 bits per heavy atom. The predicted molar refractivity (Wildman–Crippen MR) is 142 cm³/mol. The number of rotatable bonds is 17. The fraction of sp³-hybridized carbons (Fsp3) is 0.760. The first-order valence-electron chi connectivity index (χ1n) is 12.9. The monoisotopic (exact) mass is 542 g/mol. The van der Waals surface area contributed by atoms with E-state index in [9.17, 15) is 28.8 Å². The first kappa shape index (κ1) is 34.8. The van der Waals surface area contributed by atoms with E-state index in [1.165, 1.54) is 18.9 Å². The number of carbonyl (C=O) groups is 6. The maximum atomic E-state index is 13.2. The Morgan fingerprint density at radius 2 is 1.34 bits per heavy atom. The molecule has 0 bridgehead atoms. The highest BCUT2D eigenvalue weighted by molar-refractivity contribution is 5.95. The molecule has 6 N–H and O–H groups in total. The van der Waals surface area contributed by atoms with Gasteiger partial charge in [-0.1, -0.05) is 27.7 Å². The molecule has 218 valence electrons. The standard InChI is InChI=1S/C25H46N6O7/c1-14(2)11-18(30-22(35)16(5)26-7)23(36)29-17(6)25(38)31(8)19(12-15(3)4)24(37)28-13-20(32)27-10-9-21(33)34/h14-19,26H,9-13H2,1-8H3,(H,27,32)(H,28,37)(H,29,36)(H,30,35)(H,33,34)/t16-,17-,18-,19-/m0/s1. The SMILES string of the molecule is CN[C@@H](C)C(=O)N[C@@H](CC(C)C)C(=O)N[C@@H](C)C(=O)N(C)[C@@H](CC(C)C)C(=O)NCC(=O)NCCC(=O)O. The first-order chi connectivity index (χ1) is 17.6. The average Bonchev–Trinajstić information content (AvgIpc) is 2.83. The molecule has 0 heterocycles. The maximum absolute atomic E-state index is 13.2. The molecule has 0 spiro atoms. The number of aliphatic carboxylic acids is 1. The van der Waals surface area contributed by atoms with E-state index in [1.54, 1.807) is 14.0 Å². The van der Waals surface area contributed by atoms with Gasteiger partial charge >= 0.3 is 5.97 Å². The van der Waals surface area contributed by atoms with E-state index >= 15 is 0 Å². The summed E-state index contributed by atoms with van der Waals surface area (Å²) in [5.74, 6) is -3.38. The first-order valence-corrected chi connectivity index (χ1v) is 12.9. The molecule has 0 unspecified atom stereocenters. The summed E-state index contributed by atoms with van der Waals surface area (Å²) >= 11 is 0. The van der Waals surface area contributed by atoms with Gasteiger partial charge in [0.05, 0.1) is 19.0 Å². The molecule has 13 heteroatoms. The van der Waals surface area contributed by atoms with Crippen LogP contribution in [0.15, 0.2) is 0 Å². The number of carboxylic acid groups (broad SMARTS) is 1. The van der Waals surface area contributed by atoms with Gasteiger partial charge in [0.15, 0.2) is 0 Å². The maximum Gasteiger partial charge on any atom is 0.305 e. The van der Waals surface area contributed by atoms with Crippen molar-refractivity contribution in [3.05, 3.63) is 0 Å². The van der Waals surface area contributed by atoms with Gasteiger partial charge in [0.1, 0.15) is 18.1 Å². The summed E-state index contributed by atoms with van der Waals surface area (Å²) in [6.07, 6.45) is 0.438. The van der Waals surface area contributed by atoms with Crippen molar-refractivity contribution in [3.63, 3.8) is 0 Å². The Hall–Kier alpha value is -3.22. The molecule has 0 saturated carbocycles. The van der Waals surface area contributed by atoms with E-state index in [0.717, 1.165) is 0 Å². The average molecular weight is 543 g/mol. The minimum Gasteiger partial charge on any atom is -0.481 e. The van der Waals surface area contributed by atoms with Crippen LogP contribution in [0.25, 0.3) is 0 Å². The van der Waals surface area contributed by atoms with Gasteiger partial charge in [-0.05, 0) is 45.6 Å². The van der Waals surface area contributed by atoms with E-state index < -0.39 is 53.8 Å². The largest absolute Gasteiger partial charge is 0.481 e. The van der Waals surface area contributed by atoms with Crippen molar-refractivity contribution >= 4 is 35.5 Å². The van der Waals surface area contributed by atoms with Crippen molar-refractivity contribution in [2.24, 2.45) is 11.8 Å². The third-order valence-electron chi connectivity index (χ3n) is 5.79. The number of amides is 5. The Kier molecular flexibility index (Phi) is 15.9. The third kappa shape index (κ3) is 13.4. The van der Waals surface area contributed by atoms with E-state index in [4.69, 9.17) is 5.11 Å². The molecule has 0 saturated heterocycles. The molecule has 38 heavy (non-hydrogen) atoms. The number of nitrogens with one attached hydrogen (secondary N) is 5. The summed E-state index contributed by atoms with van der Waals surface area (Å²) in [6.45, 7) is 10.3. The topological polar surface area (TPSA) is 186 Å². The lowest BCUT2D eigenvalue weighted by Gasteiger charge is -2.31. The smallest absolute Gasteiger partial charge is 0.305 e. The molecule has 0 aliphatic carbocycles. The number of carboxylic acids is 1. The molecule has 0 aliphatic heterocycles. The molecule has 0 fully saturated rings. The van der Waals surface area contributed by atoms with Crippen LogP contribution in [0.3, 0.4) is 0 Å². The quantitative estimate of drug-likeness (QED) is 0.138. The van der Waals surface area contributed by atoms with Crippen molar-refractivity contribution in [2.45, 2.75) is 85.0 Å². The number of hydrogen-bond donors (Lipinski definition) is 6. The zero-order valence-corrected chi connectivity index (χ0v) is 23.8. The van der Waals surface area contributed by atoms with Gasteiger partial charge in [0.25, 0.3) is 0 Å². The minimum atomic E-state index is -1.06. The predicted octanol–water partition coefficient (Wildman–Crippen LogP) is -0.790. The molecular weight excluding hydrogens is 496 g/mol. The van der Waals surface area contributed by atoms with Gasteiger partial charge < -0.3 is 36.6 Å². The van der Waals surface area contributed by atoms with Crippen LogP contribution in [0.2, 0.25) is 0 Å². The second kappa shape index (κ2) is 17.3. The zero-order valence-electron chi connectivity index (χ0n) is 23.8. The van der Waals surface area contributed by atoms with E-state index in [0.29, 0.717) is 12.8 Å². The van der Waals surface area contributed by atoms with Crippen LogP contribution in [0.1, 0.15) is 60.8 Å². The van der Waals surface area contributed by atoms with Crippen molar-refractivity contribution in [2.75, 3.05) is 27.2 Å². The van der Waals surface area contributed by atoms with Crippen LogP contribution in [0.5, 0.6) is 0 Å². The van der Waals surface area contributed by atoms with Crippen molar-refractivity contribution < 1.29 is 33.9 Å². The summed E-state index contributed by atoms with van der Waals surface area (Å²) in [5.41, 5.74) is 0. The second-order valence-corrected chi connectivity index (χ2v) is 10.2. The van der Waals surface area contributed by atoms with Crippen LogP contribution in [-0.4, -0.2) is 96.9 Å². The van der Waals surface area contributed by atoms with Crippen molar-refractivity contribution in [1.29, 1.82) is 0 Å². The Balaban J connectivity index is 5.32. The highest BCUT2D eigenvalue weighted by atomic mass is 16.4. The molecule has 4 atom stereocenters. The third-order valence-corrected chi connectivity index (χ3v) is 5.79. The van der Waals surface area contributed by atoms with Crippen LogP contribution >= 0.6 is 0 Å². The van der Waals surface area contributed by atoms with Crippen LogP contribution < -0.4 is 26.6 Å². The van der Waals surface area contributed by atoms with Gasteiger partial charge in [-0.25, -0.2) is 0 Å². The lowest BCUT2D eigenvalue weighted by Crippen LogP contribution is -2.57. The lowest BCUT2D eigenvalue weighted by atomic mass is 10.0. The van der Waals surface area contributed by atoms with Crippen molar-refractivity contribution in [3.8, 4) is 0 Å². The summed E-state index contributed by atoms with van der Waals surface area (Å²) in [7, 11) is 3.08. The lowest BCUT2D eigenvalue weighted by molar-refractivity contribution is -0.142. The zero-order chi connectivity index (χ0) is 29.6. The van der Waals surface area contributed by atoms with Gasteiger partial charge in [-0.2, -0.15) is 0 Å². The van der Waals surface area contributed by atoms with Crippen LogP contribution in [0, 0.1) is 11.8 Å². The number of hydrogen-bond acceptors (Lipinski definition) is 7. The van der Waals surface area contributed by atoms with E-state index in [1.807, 2.05) is 27.7 Å². The Bertz CT molecular complexity index is 833. The molecule has 13 nitrogen and oxygen atoms in total. The molecule has 0 aromatic rings. The van der Waals surface area contributed by atoms with Crippen LogP contribution in [-0.2, 0) is 28.8 Å². The van der Waals surface area contributed by atoms with Crippen molar-refractivity contribution in [1.82, 2.24) is 31.5 Å². The Labute approximate surface area is 225 Å². The number of carbonyl (C=O) groups excluding carboxylic acids is 5. The summed E-state index contributed by atoms with van der Waals surface area (Å²) < 4.78 is 0. The Morgan fingerprint density at radius 3 is 1.84 bits per heavy atom. The molecule has 0 aromatic heterocycles. The highest BCUT2D eigenvalue weighted by Crippen LogP contribution is 2.13. The molecule has 5 amide bonds. The van der Waals surface area contributed by atoms with E-state index in [-0.39, 0.29) is 37.3 Å². The normalized spacial score (nSPS) is 14.2. The molecule has 0 aromatic carbocycles. The fourth-order valence-corrected chi connectivity index (χ4v) is 3.51. The summed E-state index contributed by atoms with van der Waals surface area (Å²) in [4.78, 5) is 75.1. The number of likely N-dealkylation sites (N-methyl/N-ethyl adjacent to an activating group) is 2. The molecular formula is C25H46N6O7. The van der Waals surface area contributed by atoms with E-state index in [2.05, 4.69) is 26.6 Å². The molecule has 0 rings (SSSR count). The van der Waals surface area contributed by atoms with Gasteiger partial charge in [0, 0.05) is 13.6 Å². The summed E-state index contributed by atoms with van der Waals surface area (Å²) in [5, 5.41) is 21.7. The van der Waals surface area contributed by atoms with Crippen LogP contribution in [0.4, 0.5) is 0 Å². The second-order valence-electron chi connectivity index (χ2n) is 10.2. The minimum absolute atomic E-state index is 0.0371. The van der Waals surface area contributed by atoms with Gasteiger partial charge in [-0.15, -0.1) is 0 Å². The summed E-state index contributed by atoms with van der Waals surface area (Å²) in [6, 6.07) is -3.23. The molecule has 0 aliphatic rings. The highest BCUT2D eigenvalue weighted by Gasteiger charge is 2.32. The van der Waals surface area contributed by atoms with Gasteiger partial charge in [-0.3, -0.25) is 28.8 Å². The number of nitrogens with zero attached hydrogens (tertiary/aromatic N) is 1. The fourth-order valence-electron chi connectivity index (χ4n) is 3.51. The van der Waals surface area contributed by atoms with Gasteiger partial charge in [0.2, 0.25) is 29.5 Å².